The highest BCUT2D eigenvalue weighted by atomic mass is 35.5. The van der Waals surface area contributed by atoms with Gasteiger partial charge in [0.15, 0.2) is 0 Å². The number of nitrogens with one attached hydrogen (secondary N) is 4. The van der Waals surface area contributed by atoms with E-state index in [4.69, 9.17) is 11.6 Å². The number of nitriles is 1. The van der Waals surface area contributed by atoms with Gasteiger partial charge in [-0.2, -0.15) is 18.4 Å². The second kappa shape index (κ2) is 11.4. The van der Waals surface area contributed by atoms with Crippen molar-refractivity contribution in [3.05, 3.63) is 82.7 Å². The first-order chi connectivity index (χ1) is 21.8. The molecule has 1 fully saturated rings. The number of aromatic nitrogens is 2. The first-order valence-corrected chi connectivity index (χ1v) is 14.6. The topological polar surface area (TPSA) is 101 Å². The van der Waals surface area contributed by atoms with Gasteiger partial charge < -0.3 is 16.1 Å². The lowest BCUT2D eigenvalue weighted by molar-refractivity contribution is -0.206. The van der Waals surface area contributed by atoms with Gasteiger partial charge in [-0.15, -0.1) is 5.53 Å². The molecule has 0 spiro atoms. The molecule has 1 atom stereocenters. The predicted octanol–water partition coefficient (Wildman–Crippen LogP) is 7.56. The summed E-state index contributed by atoms with van der Waals surface area (Å²) < 4.78 is 83.7. The molecule has 0 saturated heterocycles. The molecule has 1 saturated carbocycles. The van der Waals surface area contributed by atoms with Crippen molar-refractivity contribution in [2.24, 2.45) is 5.41 Å². The van der Waals surface area contributed by atoms with Crippen molar-refractivity contribution >= 4 is 44.8 Å². The molecule has 0 amide bonds. The van der Waals surface area contributed by atoms with Crippen LogP contribution in [0.5, 0.6) is 0 Å². The molecule has 1 aliphatic heterocycles. The van der Waals surface area contributed by atoms with E-state index in [2.05, 4.69) is 31.6 Å². The first kappa shape index (κ1) is 31.5. The Balaban J connectivity index is 1.46. The molecule has 0 bridgehead atoms. The van der Waals surface area contributed by atoms with E-state index in [1.807, 2.05) is 6.07 Å². The molecule has 6 rings (SSSR count). The third-order valence-electron chi connectivity index (χ3n) is 8.44. The van der Waals surface area contributed by atoms with Crippen LogP contribution in [0.2, 0.25) is 5.02 Å². The van der Waals surface area contributed by atoms with Gasteiger partial charge in [0.2, 0.25) is 0 Å². The third-order valence-corrected chi connectivity index (χ3v) is 8.73. The Morgan fingerprint density at radius 3 is 2.54 bits per heavy atom. The van der Waals surface area contributed by atoms with E-state index < -0.39 is 42.0 Å². The van der Waals surface area contributed by atoms with Gasteiger partial charge in [-0.3, -0.25) is 15.0 Å². The first-order valence-electron chi connectivity index (χ1n) is 14.2. The molecule has 240 valence electrons. The second-order valence-electron chi connectivity index (χ2n) is 12.0. The van der Waals surface area contributed by atoms with Crippen LogP contribution in [0, 0.1) is 22.6 Å². The molecule has 0 radical (unpaired) electrons. The number of alkyl halides is 5. The number of nitrogens with zero attached hydrogens (tertiary/aromatic N) is 4. The van der Waals surface area contributed by atoms with Crippen molar-refractivity contribution in [1.82, 2.24) is 25.9 Å². The van der Waals surface area contributed by atoms with E-state index in [0.717, 1.165) is 13.8 Å². The lowest BCUT2D eigenvalue weighted by atomic mass is 9.92. The summed E-state index contributed by atoms with van der Waals surface area (Å²) in [5, 5.41) is 18.1. The minimum atomic E-state index is -4.52. The average Bonchev–Trinajstić information content (AvgIpc) is 3.69. The predicted molar refractivity (Wildman–Crippen MR) is 162 cm³/mol. The van der Waals surface area contributed by atoms with E-state index in [1.165, 1.54) is 29.7 Å². The Labute approximate surface area is 264 Å². The van der Waals surface area contributed by atoms with E-state index in [0.29, 0.717) is 22.3 Å². The number of hydrazine groups is 2. The summed E-state index contributed by atoms with van der Waals surface area (Å²) >= 11 is 6.64. The molecular weight excluding hydrogens is 634 g/mol. The van der Waals surface area contributed by atoms with E-state index in [-0.39, 0.29) is 45.5 Å². The normalized spacial score (nSPS) is 16.7. The molecule has 46 heavy (non-hydrogen) atoms. The third kappa shape index (κ3) is 5.47. The van der Waals surface area contributed by atoms with Crippen LogP contribution in [0.1, 0.15) is 43.9 Å². The number of hydrogen-bond acceptors (Lipinski definition) is 8. The Kier molecular flexibility index (Phi) is 7.80. The molecule has 3 heterocycles. The Bertz CT molecular complexity index is 1900. The van der Waals surface area contributed by atoms with Gasteiger partial charge in [0.25, 0.3) is 6.43 Å². The van der Waals surface area contributed by atoms with Gasteiger partial charge >= 0.3 is 6.18 Å². The number of anilines is 2. The number of rotatable bonds is 9. The monoisotopic (exact) mass is 660 g/mol. The number of benzene rings is 2. The highest BCUT2D eigenvalue weighted by molar-refractivity contribution is 6.35. The second-order valence-corrected chi connectivity index (χ2v) is 12.4. The largest absolute Gasteiger partial charge is 0.395 e. The van der Waals surface area contributed by atoms with Crippen LogP contribution in [0.15, 0.2) is 60.7 Å². The highest BCUT2D eigenvalue weighted by Crippen LogP contribution is 2.47. The lowest BCUT2D eigenvalue weighted by Gasteiger charge is -2.29. The van der Waals surface area contributed by atoms with Crippen molar-refractivity contribution < 1.29 is 26.3 Å². The van der Waals surface area contributed by atoms with Crippen molar-refractivity contribution in [2.45, 2.75) is 50.9 Å². The smallest absolute Gasteiger partial charge is 0.382 e. The van der Waals surface area contributed by atoms with Crippen LogP contribution < -0.4 is 21.6 Å². The molecule has 2 aromatic carbocycles. The molecule has 15 heteroatoms. The summed E-state index contributed by atoms with van der Waals surface area (Å²) in [7, 11) is 0. The van der Waals surface area contributed by atoms with Crippen molar-refractivity contribution in [3.63, 3.8) is 0 Å². The van der Waals surface area contributed by atoms with Crippen molar-refractivity contribution in [2.75, 3.05) is 17.2 Å². The van der Waals surface area contributed by atoms with Crippen LogP contribution in [0.4, 0.5) is 37.7 Å². The van der Waals surface area contributed by atoms with Gasteiger partial charge in [-0.1, -0.05) is 23.7 Å². The minimum Gasteiger partial charge on any atom is -0.382 e. The van der Waals surface area contributed by atoms with Crippen LogP contribution in [0.25, 0.3) is 21.8 Å². The van der Waals surface area contributed by atoms with Crippen LogP contribution >= 0.6 is 11.6 Å². The van der Waals surface area contributed by atoms with Gasteiger partial charge in [0, 0.05) is 41.6 Å². The van der Waals surface area contributed by atoms with Crippen LogP contribution in [-0.4, -0.2) is 39.7 Å². The molecule has 4 N–H and O–H groups in total. The zero-order chi connectivity index (χ0) is 33.0. The zero-order valence-electron chi connectivity index (χ0n) is 24.4. The number of fused-ring (bicyclic) bond motifs is 2. The standard InChI is InChI=1S/C31H27ClF6N8/c1-29(2,31(36,37)38)15-42-24-16(12-39)13-41-25-20(24)10-17(11-21(25)32)43-27(19-5-6-22(33)26-18(19)4-3-9-40-26)23-14-46(45-44-23)30(7-8-30)28(34)35/h3-6,9-11,13-14,27-28,43-45H,7-8,15H2,1-2H3,(H,41,42)/t27-/m0/s1. The summed E-state index contributed by atoms with van der Waals surface area (Å²) in [4.78, 5) is 8.44. The van der Waals surface area contributed by atoms with Gasteiger partial charge in [0.05, 0.1) is 38.9 Å². The SMILES string of the molecule is CC(C)(CNc1c(C#N)cnc2c(Cl)cc(N[C@H](C3=CN(C4(C(F)F)CC4)NN3)c3ccc(F)c4ncccc34)cc12)C(F)(F)F. The Morgan fingerprint density at radius 1 is 1.11 bits per heavy atom. The molecule has 0 unspecified atom stereocenters. The summed E-state index contributed by atoms with van der Waals surface area (Å²) in [6.07, 6.45) is -2.38. The minimum absolute atomic E-state index is 0.00702. The van der Waals surface area contributed by atoms with E-state index in [9.17, 15) is 31.6 Å². The summed E-state index contributed by atoms with van der Waals surface area (Å²) in [5.74, 6) is -0.554. The molecule has 8 nitrogen and oxygen atoms in total. The average molecular weight is 661 g/mol. The molecule has 4 aromatic rings. The lowest BCUT2D eigenvalue weighted by Crippen LogP contribution is -2.48. The molecule has 1 aliphatic carbocycles. The summed E-state index contributed by atoms with van der Waals surface area (Å²) in [5.41, 5.74) is 4.02. The molecular formula is C31H27ClF6N8. The maximum Gasteiger partial charge on any atom is 0.395 e. The van der Waals surface area contributed by atoms with Gasteiger partial charge in [-0.25, -0.2) is 13.2 Å². The fourth-order valence-electron chi connectivity index (χ4n) is 5.34. The Hall–Kier alpha value is -4.48. The zero-order valence-corrected chi connectivity index (χ0v) is 25.2. The fourth-order valence-corrected chi connectivity index (χ4v) is 5.60. The van der Waals surface area contributed by atoms with Crippen molar-refractivity contribution in [1.29, 1.82) is 5.26 Å². The summed E-state index contributed by atoms with van der Waals surface area (Å²) in [6, 6.07) is 10.4. The summed E-state index contributed by atoms with van der Waals surface area (Å²) in [6.45, 7) is 1.55. The number of halogens is 7. The van der Waals surface area contributed by atoms with Crippen molar-refractivity contribution in [3.8, 4) is 6.07 Å². The van der Waals surface area contributed by atoms with Gasteiger partial charge in [0.1, 0.15) is 22.9 Å². The fraction of sp³-hybridized carbons (Fsp3) is 0.323. The number of hydrogen-bond donors (Lipinski definition) is 4. The maximum atomic E-state index is 14.8. The quantitative estimate of drug-likeness (QED) is 0.137. The van der Waals surface area contributed by atoms with Crippen LogP contribution in [0.3, 0.4) is 0 Å². The maximum absolute atomic E-state index is 14.8. The molecule has 2 aliphatic rings. The Morgan fingerprint density at radius 2 is 1.87 bits per heavy atom. The highest BCUT2D eigenvalue weighted by Gasteiger charge is 2.56. The van der Waals surface area contributed by atoms with E-state index >= 15 is 0 Å². The van der Waals surface area contributed by atoms with E-state index in [1.54, 1.807) is 30.3 Å². The van der Waals surface area contributed by atoms with Crippen LogP contribution in [-0.2, 0) is 0 Å². The van der Waals surface area contributed by atoms with Gasteiger partial charge in [-0.05, 0) is 56.5 Å². The molecule has 2 aromatic heterocycles. The number of pyridine rings is 2.